The van der Waals surface area contributed by atoms with Crippen molar-refractivity contribution >= 4 is 17.8 Å². The van der Waals surface area contributed by atoms with E-state index >= 15 is 0 Å². The summed E-state index contributed by atoms with van der Waals surface area (Å²) in [6.07, 6.45) is 12.3. The second-order valence-electron chi connectivity index (χ2n) is 12.0. The maximum atomic E-state index is 14.1. The van der Waals surface area contributed by atoms with Gasteiger partial charge in [-0.15, -0.1) is 0 Å². The number of benzene rings is 1. The summed E-state index contributed by atoms with van der Waals surface area (Å²) in [5, 5.41) is 12.6. The van der Waals surface area contributed by atoms with Crippen LogP contribution in [0.25, 0.3) is 0 Å². The van der Waals surface area contributed by atoms with Crippen molar-refractivity contribution in [2.24, 2.45) is 11.8 Å². The van der Waals surface area contributed by atoms with Crippen molar-refractivity contribution in [2.75, 3.05) is 20.4 Å². The molecular formula is C36H56F3NO6. The van der Waals surface area contributed by atoms with Crippen LogP contribution in [0.1, 0.15) is 116 Å². The van der Waals surface area contributed by atoms with Crippen molar-refractivity contribution in [3.63, 3.8) is 0 Å². The Morgan fingerprint density at radius 2 is 1.54 bits per heavy atom. The first-order valence-corrected chi connectivity index (χ1v) is 17.0. The summed E-state index contributed by atoms with van der Waals surface area (Å²) in [5.74, 6) is -6.41. The highest BCUT2D eigenvalue weighted by Gasteiger charge is 2.34. The van der Waals surface area contributed by atoms with E-state index in [0.29, 0.717) is 43.4 Å². The van der Waals surface area contributed by atoms with Crippen molar-refractivity contribution < 1.29 is 42.1 Å². The third kappa shape index (κ3) is 17.6. The molecule has 0 aromatic heterocycles. The van der Waals surface area contributed by atoms with E-state index in [-0.39, 0.29) is 38.7 Å². The van der Waals surface area contributed by atoms with Gasteiger partial charge >= 0.3 is 11.9 Å². The number of aliphatic carboxylic acids is 1. The lowest BCUT2D eigenvalue weighted by atomic mass is 9.86. The molecule has 3 atom stereocenters. The predicted molar refractivity (Wildman–Crippen MR) is 175 cm³/mol. The fraction of sp³-hybridized carbons (Fsp3) is 0.694. The maximum Gasteiger partial charge on any atom is 0.328 e. The Kier molecular flexibility index (Phi) is 21.5. The average molecular weight is 656 g/mol. The third-order valence-corrected chi connectivity index (χ3v) is 8.02. The molecule has 0 aliphatic carbocycles. The molecule has 0 bridgehead atoms. The molecule has 46 heavy (non-hydrogen) atoms. The molecule has 1 rings (SSSR count). The van der Waals surface area contributed by atoms with Gasteiger partial charge in [0.05, 0.1) is 32.2 Å². The average Bonchev–Trinajstić information content (AvgIpc) is 3.03. The Labute approximate surface area is 273 Å². The maximum absolute atomic E-state index is 14.1. The number of rotatable bonds is 27. The van der Waals surface area contributed by atoms with Gasteiger partial charge in [0.25, 0.3) is 0 Å². The molecule has 262 valence electrons. The minimum Gasteiger partial charge on any atom is -0.494 e. The van der Waals surface area contributed by atoms with E-state index in [2.05, 4.69) is 12.2 Å². The van der Waals surface area contributed by atoms with Crippen LogP contribution < -0.4 is 10.1 Å². The minimum atomic E-state index is -2.62. The van der Waals surface area contributed by atoms with E-state index in [9.17, 15) is 32.7 Å². The zero-order valence-electron chi connectivity index (χ0n) is 28.0. The summed E-state index contributed by atoms with van der Waals surface area (Å²) in [6, 6.07) is 5.81. The van der Waals surface area contributed by atoms with E-state index < -0.39 is 48.3 Å². The molecule has 0 fully saturated rings. The Morgan fingerprint density at radius 1 is 0.913 bits per heavy atom. The molecule has 1 aromatic rings. The number of hydrogen-bond acceptors (Lipinski definition) is 5. The van der Waals surface area contributed by atoms with Crippen LogP contribution in [0.15, 0.2) is 36.4 Å². The first-order chi connectivity index (χ1) is 22.1. The fourth-order valence-corrected chi connectivity index (χ4v) is 5.33. The number of hydrogen-bond donors (Lipinski definition) is 2. The Hall–Kier alpha value is -3.04. The number of ether oxygens (including phenoxy) is 2. The zero-order valence-corrected chi connectivity index (χ0v) is 28.0. The molecule has 0 unspecified atom stereocenters. The van der Waals surface area contributed by atoms with Crippen molar-refractivity contribution in [1.82, 2.24) is 5.32 Å². The summed E-state index contributed by atoms with van der Waals surface area (Å²) in [4.78, 5) is 38.2. The van der Waals surface area contributed by atoms with Crippen molar-refractivity contribution in [3.05, 3.63) is 42.0 Å². The number of carbonyl (C=O) groups is 3. The van der Waals surface area contributed by atoms with Gasteiger partial charge in [-0.25, -0.2) is 13.6 Å². The molecule has 0 spiro atoms. The zero-order chi connectivity index (χ0) is 34.2. The lowest BCUT2D eigenvalue weighted by Crippen LogP contribution is -2.47. The highest BCUT2D eigenvalue weighted by Crippen LogP contribution is 2.29. The molecular weight excluding hydrogens is 599 g/mol. The number of unbranched alkanes of at least 4 members (excludes halogenated alkanes) is 8. The van der Waals surface area contributed by atoms with Gasteiger partial charge in [0.1, 0.15) is 11.8 Å². The third-order valence-electron chi connectivity index (χ3n) is 8.02. The monoisotopic (exact) mass is 655 g/mol. The molecule has 0 heterocycles. The van der Waals surface area contributed by atoms with Crippen molar-refractivity contribution in [2.45, 2.75) is 129 Å². The van der Waals surface area contributed by atoms with Gasteiger partial charge in [0.15, 0.2) is 0 Å². The Balaban J connectivity index is 2.75. The SMILES string of the molecule is CCCCCCCC(F)(F)CCCCCCC=C[C@H](C(=O)N[C@@H](Cc1ccc(OCCCF)cc1)C(=O)OC)[C@@H](CCC)C(=O)O. The largest absolute Gasteiger partial charge is 0.494 e. The van der Waals surface area contributed by atoms with Crippen LogP contribution in [-0.2, 0) is 25.5 Å². The number of amides is 1. The second kappa shape index (κ2) is 24.2. The van der Waals surface area contributed by atoms with Gasteiger partial charge in [-0.2, -0.15) is 0 Å². The van der Waals surface area contributed by atoms with Gasteiger partial charge in [-0.1, -0.05) is 83.1 Å². The van der Waals surface area contributed by atoms with Gasteiger partial charge in [0.2, 0.25) is 11.8 Å². The first kappa shape index (κ1) is 41.0. The van der Waals surface area contributed by atoms with Gasteiger partial charge in [0, 0.05) is 25.7 Å². The molecule has 0 radical (unpaired) electrons. The van der Waals surface area contributed by atoms with E-state index in [4.69, 9.17) is 9.47 Å². The standard InChI is InChI=1S/C36H56F3NO6/c1-4-6-7-11-14-23-36(38,39)24-15-12-9-8-10-13-18-30(31(17-5-2)34(42)43)33(41)40-32(35(44)45-3)27-28-19-21-29(22-20-28)46-26-16-25-37/h13,18-22,30-32H,4-12,14-17,23-27H2,1-3H3,(H,40,41)(H,42,43)/t30-,31+,32-/m0/s1. The normalized spacial score (nSPS) is 13.7. The molecule has 0 saturated carbocycles. The number of halogens is 3. The van der Waals surface area contributed by atoms with Crippen LogP contribution in [0.5, 0.6) is 5.75 Å². The van der Waals surface area contributed by atoms with Crippen LogP contribution in [-0.4, -0.2) is 55.3 Å². The summed E-state index contributed by atoms with van der Waals surface area (Å²) >= 11 is 0. The number of carbonyl (C=O) groups excluding carboxylic acids is 2. The fourth-order valence-electron chi connectivity index (χ4n) is 5.33. The highest BCUT2D eigenvalue weighted by atomic mass is 19.3. The number of nitrogens with one attached hydrogen (secondary N) is 1. The number of methoxy groups -OCH3 is 1. The highest BCUT2D eigenvalue weighted by molar-refractivity contribution is 5.90. The summed E-state index contributed by atoms with van der Waals surface area (Å²) in [7, 11) is 1.22. The van der Waals surface area contributed by atoms with Gasteiger partial charge < -0.3 is 19.9 Å². The number of alkyl halides is 3. The Morgan fingerprint density at radius 3 is 2.11 bits per heavy atom. The van der Waals surface area contributed by atoms with Gasteiger partial charge in [-0.3, -0.25) is 14.0 Å². The Bertz CT molecular complexity index is 1020. The van der Waals surface area contributed by atoms with E-state index in [1.807, 2.05) is 6.92 Å². The van der Waals surface area contributed by atoms with Crippen LogP contribution in [0, 0.1) is 11.8 Å². The summed E-state index contributed by atoms with van der Waals surface area (Å²) in [6.45, 7) is 3.71. The van der Waals surface area contributed by atoms with Crippen LogP contribution in [0.2, 0.25) is 0 Å². The van der Waals surface area contributed by atoms with Crippen LogP contribution in [0.3, 0.4) is 0 Å². The molecule has 0 aliphatic heterocycles. The number of carboxylic acid groups (broad SMARTS) is 1. The van der Waals surface area contributed by atoms with Crippen molar-refractivity contribution in [1.29, 1.82) is 0 Å². The number of esters is 1. The lowest BCUT2D eigenvalue weighted by Gasteiger charge is -2.23. The molecule has 10 heteroatoms. The molecule has 7 nitrogen and oxygen atoms in total. The number of allylic oxidation sites excluding steroid dienone is 1. The molecule has 1 aromatic carbocycles. The van der Waals surface area contributed by atoms with Gasteiger partial charge in [-0.05, 0) is 49.8 Å². The summed E-state index contributed by atoms with van der Waals surface area (Å²) < 4.78 is 51.0. The second-order valence-corrected chi connectivity index (χ2v) is 12.0. The summed E-state index contributed by atoms with van der Waals surface area (Å²) in [5.41, 5.74) is 0.716. The molecule has 0 aliphatic rings. The van der Waals surface area contributed by atoms with Crippen LogP contribution in [0.4, 0.5) is 13.2 Å². The molecule has 1 amide bonds. The predicted octanol–water partition coefficient (Wildman–Crippen LogP) is 8.64. The van der Waals surface area contributed by atoms with Crippen molar-refractivity contribution in [3.8, 4) is 5.75 Å². The number of carboxylic acids is 1. The van der Waals surface area contributed by atoms with E-state index in [0.717, 1.165) is 38.5 Å². The molecule has 0 saturated heterocycles. The van der Waals surface area contributed by atoms with E-state index in [1.165, 1.54) is 7.11 Å². The quantitative estimate of drug-likeness (QED) is 0.0559. The smallest absolute Gasteiger partial charge is 0.328 e. The lowest BCUT2D eigenvalue weighted by molar-refractivity contribution is -0.148. The van der Waals surface area contributed by atoms with Crippen LogP contribution >= 0.6 is 0 Å². The minimum absolute atomic E-state index is 0.0495. The topological polar surface area (TPSA) is 102 Å². The van der Waals surface area contributed by atoms with E-state index in [1.54, 1.807) is 36.4 Å². The first-order valence-electron chi connectivity index (χ1n) is 17.0. The molecule has 2 N–H and O–H groups in total.